The highest BCUT2D eigenvalue weighted by molar-refractivity contribution is 6.30. The number of piperidine rings is 2. The van der Waals surface area contributed by atoms with Gasteiger partial charge in [0, 0.05) is 55.5 Å². The van der Waals surface area contributed by atoms with E-state index in [0.717, 1.165) is 41.4 Å². The summed E-state index contributed by atoms with van der Waals surface area (Å²) in [5.74, 6) is 1.97. The number of ether oxygens (including phenoxy) is 1. The van der Waals surface area contributed by atoms with Crippen LogP contribution in [0.5, 0.6) is 0 Å². The van der Waals surface area contributed by atoms with Crippen molar-refractivity contribution < 1.29 is 9.53 Å². The second-order valence-electron chi connectivity index (χ2n) is 9.91. The lowest BCUT2D eigenvalue weighted by molar-refractivity contribution is -0.0816. The third-order valence-corrected chi connectivity index (χ3v) is 7.76. The molecule has 0 spiro atoms. The molecular weight excluding hydrogens is 506 g/mol. The Morgan fingerprint density at radius 1 is 1.18 bits per heavy atom. The first-order valence-corrected chi connectivity index (χ1v) is 12.9. The zero-order chi connectivity index (χ0) is 26.2. The molecular formula is C26H28ClN9O2. The van der Waals surface area contributed by atoms with Crippen LogP contribution in [0.3, 0.4) is 0 Å². The van der Waals surface area contributed by atoms with Gasteiger partial charge in [-0.3, -0.25) is 9.48 Å². The third-order valence-electron chi connectivity index (χ3n) is 7.53. The van der Waals surface area contributed by atoms with Crippen LogP contribution >= 0.6 is 11.6 Å². The fraction of sp³-hybridized carbons (Fsp3) is 0.385. The summed E-state index contributed by atoms with van der Waals surface area (Å²) in [5.41, 5.74) is 4.02. The Hall–Kier alpha value is -3.83. The largest absolute Gasteiger partial charge is 0.381 e. The molecule has 2 atom stereocenters. The Morgan fingerprint density at radius 2 is 2.03 bits per heavy atom. The molecule has 3 aromatic heterocycles. The monoisotopic (exact) mass is 533 g/mol. The van der Waals surface area contributed by atoms with Gasteiger partial charge in [0.25, 0.3) is 5.91 Å². The minimum absolute atomic E-state index is 0.234. The highest BCUT2D eigenvalue weighted by atomic mass is 35.5. The average molecular weight is 534 g/mol. The number of carbonyl (C=O) groups excluding carboxylic acids is 1. The van der Waals surface area contributed by atoms with Crippen molar-refractivity contribution >= 4 is 23.3 Å². The smallest absolute Gasteiger partial charge is 0.254 e. The van der Waals surface area contributed by atoms with E-state index < -0.39 is 0 Å². The molecule has 1 aliphatic carbocycles. The number of rotatable bonds is 8. The number of nitrogens with zero attached hydrogens (tertiary/aromatic N) is 8. The quantitative estimate of drug-likeness (QED) is 0.367. The van der Waals surface area contributed by atoms with Crippen molar-refractivity contribution in [1.29, 1.82) is 0 Å². The van der Waals surface area contributed by atoms with Crippen molar-refractivity contribution in [2.45, 2.75) is 32.5 Å². The summed E-state index contributed by atoms with van der Waals surface area (Å²) in [6.07, 6.45) is 6.45. The average Bonchev–Trinajstić information content (AvgIpc) is 3.62. The van der Waals surface area contributed by atoms with Crippen LogP contribution in [0.4, 0.5) is 5.82 Å². The number of hydrogen-bond donors (Lipinski definition) is 1. The summed E-state index contributed by atoms with van der Waals surface area (Å²) in [7, 11) is 1.81. The second kappa shape index (κ2) is 10.1. The molecule has 2 saturated heterocycles. The molecule has 3 aliphatic rings. The van der Waals surface area contributed by atoms with Crippen LogP contribution in [0, 0.1) is 18.8 Å². The Balaban J connectivity index is 1.09. The lowest BCUT2D eigenvalue weighted by Gasteiger charge is -2.53. The summed E-state index contributed by atoms with van der Waals surface area (Å²) in [4.78, 5) is 20.1. The van der Waals surface area contributed by atoms with Crippen LogP contribution in [0.2, 0.25) is 5.02 Å². The van der Waals surface area contributed by atoms with Crippen LogP contribution in [-0.2, 0) is 17.8 Å². The number of aromatic nitrogens is 7. The van der Waals surface area contributed by atoms with E-state index in [9.17, 15) is 4.79 Å². The van der Waals surface area contributed by atoms with Gasteiger partial charge in [0.1, 0.15) is 12.1 Å². The first kappa shape index (κ1) is 24.5. The van der Waals surface area contributed by atoms with Gasteiger partial charge in [-0.05, 0) is 59.2 Å². The molecule has 11 nitrogen and oxygen atoms in total. The van der Waals surface area contributed by atoms with Crippen LogP contribution in [0.25, 0.3) is 5.69 Å². The van der Waals surface area contributed by atoms with E-state index in [1.165, 1.54) is 17.4 Å². The van der Waals surface area contributed by atoms with Gasteiger partial charge in [0.15, 0.2) is 0 Å². The summed E-state index contributed by atoms with van der Waals surface area (Å²) in [6, 6.07) is 9.53. The zero-order valence-corrected chi connectivity index (χ0v) is 21.9. The first-order chi connectivity index (χ1) is 18.5. The molecule has 1 N–H and O–H groups in total. The minimum Gasteiger partial charge on any atom is -0.381 e. The number of aryl methyl sites for hydroxylation is 1. The molecule has 0 radical (unpaired) electrons. The van der Waals surface area contributed by atoms with Gasteiger partial charge in [-0.2, -0.15) is 5.10 Å². The van der Waals surface area contributed by atoms with Crippen molar-refractivity contribution in [3.05, 3.63) is 76.5 Å². The number of tetrazole rings is 1. The number of pyridine rings is 1. The maximum Gasteiger partial charge on any atom is 0.254 e. The molecule has 1 amide bonds. The van der Waals surface area contributed by atoms with Crippen molar-refractivity contribution in [1.82, 2.24) is 40.3 Å². The lowest BCUT2D eigenvalue weighted by Crippen LogP contribution is -2.59. The molecule has 2 bridgehead atoms. The number of hydrogen-bond acceptors (Lipinski definition) is 8. The van der Waals surface area contributed by atoms with Crippen LogP contribution in [-0.4, -0.2) is 67.2 Å². The van der Waals surface area contributed by atoms with E-state index in [0.29, 0.717) is 35.1 Å². The lowest BCUT2D eigenvalue weighted by atomic mass is 9.68. The molecule has 2 aliphatic heterocycles. The predicted molar refractivity (Wildman–Crippen MR) is 140 cm³/mol. The Labute approximate surface area is 224 Å². The van der Waals surface area contributed by atoms with Crippen molar-refractivity contribution in [2.24, 2.45) is 11.8 Å². The third kappa shape index (κ3) is 4.74. The Morgan fingerprint density at radius 3 is 2.76 bits per heavy atom. The molecule has 38 heavy (non-hydrogen) atoms. The summed E-state index contributed by atoms with van der Waals surface area (Å²) in [6.45, 7) is 4.79. The number of benzene rings is 1. The van der Waals surface area contributed by atoms with Gasteiger partial charge in [0.05, 0.1) is 30.1 Å². The van der Waals surface area contributed by atoms with Crippen LogP contribution in [0.15, 0.2) is 49.1 Å². The number of amides is 1. The molecule has 196 valence electrons. The maximum absolute atomic E-state index is 12.9. The highest BCUT2D eigenvalue weighted by Crippen LogP contribution is 2.42. The number of halogens is 1. The van der Waals surface area contributed by atoms with Gasteiger partial charge in [-0.25, -0.2) is 9.67 Å². The number of anilines is 1. The predicted octanol–water partition coefficient (Wildman–Crippen LogP) is 2.67. The van der Waals surface area contributed by atoms with E-state index in [-0.39, 0.29) is 12.5 Å². The molecule has 1 aromatic carbocycles. The number of fused-ring (bicyclic) bond motifs is 2. The van der Waals surface area contributed by atoms with Crippen LogP contribution < -0.4 is 10.2 Å². The fourth-order valence-electron chi connectivity index (χ4n) is 5.55. The number of nitrogens with one attached hydrogen (secondary N) is 1. The molecule has 3 fully saturated rings. The summed E-state index contributed by atoms with van der Waals surface area (Å²) in [5, 5.41) is 19.2. The van der Waals surface area contributed by atoms with Gasteiger partial charge in [-0.1, -0.05) is 17.7 Å². The van der Waals surface area contributed by atoms with Gasteiger partial charge in [0.2, 0.25) is 0 Å². The van der Waals surface area contributed by atoms with Gasteiger partial charge in [-0.15, -0.1) is 5.10 Å². The van der Waals surface area contributed by atoms with Crippen LogP contribution in [0.1, 0.15) is 33.6 Å². The molecule has 1 saturated carbocycles. The normalized spacial score (nSPS) is 20.3. The number of methoxy groups -OCH3 is 1. The zero-order valence-electron chi connectivity index (χ0n) is 21.2. The highest BCUT2D eigenvalue weighted by Gasteiger charge is 2.47. The summed E-state index contributed by atoms with van der Waals surface area (Å²) >= 11 is 6.18. The van der Waals surface area contributed by atoms with Crippen molar-refractivity contribution in [3.8, 4) is 5.69 Å². The van der Waals surface area contributed by atoms with E-state index >= 15 is 0 Å². The summed E-state index contributed by atoms with van der Waals surface area (Å²) < 4.78 is 8.91. The minimum atomic E-state index is -0.234. The molecule has 4 aromatic rings. The fourth-order valence-corrected chi connectivity index (χ4v) is 5.74. The Bertz CT molecular complexity index is 1440. The topological polar surface area (TPSA) is 116 Å². The number of carbonyl (C=O) groups is 1. The van der Waals surface area contributed by atoms with E-state index in [2.05, 4.69) is 43.0 Å². The Kier molecular flexibility index (Phi) is 6.54. The standard InChI is InChI=1S/C26H28ClN9O2/c1-16-17(3-6-24(31-16)34-11-19-7-20(12-34)25(19)38-2)13-35-14-21(10-30-35)26(37)28-9-18-8-22(27)4-5-23(18)36-15-29-32-33-36/h3-6,8,10,14-15,19-20,25H,7,9,11-13H2,1-2H3,(H,28,37). The molecule has 7 rings (SSSR count). The van der Waals surface area contributed by atoms with E-state index in [4.69, 9.17) is 21.3 Å². The maximum atomic E-state index is 12.9. The second-order valence-corrected chi connectivity index (χ2v) is 10.3. The van der Waals surface area contributed by atoms with Crippen molar-refractivity contribution in [3.63, 3.8) is 0 Å². The van der Waals surface area contributed by atoms with E-state index in [1.807, 2.05) is 20.1 Å². The molecule has 5 heterocycles. The molecule has 12 heteroatoms. The van der Waals surface area contributed by atoms with Gasteiger partial charge >= 0.3 is 0 Å². The van der Waals surface area contributed by atoms with Crippen molar-refractivity contribution in [2.75, 3.05) is 25.1 Å². The van der Waals surface area contributed by atoms with Gasteiger partial charge < -0.3 is 15.0 Å². The van der Waals surface area contributed by atoms with E-state index in [1.54, 1.807) is 29.2 Å². The first-order valence-electron chi connectivity index (χ1n) is 12.5. The molecule has 2 unspecified atom stereocenters. The SMILES string of the molecule is COC1C2CC1CN(c1ccc(Cn3cc(C(=O)NCc4cc(Cl)ccc4-n4cnnn4)cn3)c(C)n1)C2.